The number of hydrogen-bond donors (Lipinski definition) is 1. The minimum Gasteiger partial charge on any atom is -0.339 e. The first-order valence-electron chi connectivity index (χ1n) is 7.93. The summed E-state index contributed by atoms with van der Waals surface area (Å²) in [5.41, 5.74) is 0. The van der Waals surface area contributed by atoms with Crippen LogP contribution in [0.25, 0.3) is 0 Å². The van der Waals surface area contributed by atoms with Gasteiger partial charge < -0.3 is 10.2 Å². The molecule has 0 aromatic carbocycles. The van der Waals surface area contributed by atoms with Crippen LogP contribution in [0, 0.1) is 5.92 Å². The van der Waals surface area contributed by atoms with Crippen molar-refractivity contribution < 1.29 is 4.79 Å². The van der Waals surface area contributed by atoms with Crippen LogP contribution in [0.1, 0.15) is 38.5 Å². The number of hydrogen-bond acceptors (Lipinski definition) is 3. The van der Waals surface area contributed by atoms with E-state index in [9.17, 15) is 4.79 Å². The normalized spacial score (nSPS) is 21.4. The second-order valence-corrected chi connectivity index (χ2v) is 6.19. The Kier molecular flexibility index (Phi) is 8.50. The largest absolute Gasteiger partial charge is 0.339 e. The molecule has 1 saturated heterocycles. The van der Waals surface area contributed by atoms with Crippen LogP contribution >= 0.6 is 12.4 Å². The first kappa shape index (κ1) is 17.7. The van der Waals surface area contributed by atoms with E-state index < -0.39 is 0 Å². The van der Waals surface area contributed by atoms with Gasteiger partial charge in [0.05, 0.1) is 6.54 Å². The molecule has 1 N–H and O–H groups in total. The maximum atomic E-state index is 12.2. The van der Waals surface area contributed by atoms with E-state index in [1.54, 1.807) is 0 Å². The summed E-state index contributed by atoms with van der Waals surface area (Å²) in [6, 6.07) is 0. The van der Waals surface area contributed by atoms with Gasteiger partial charge in [0.25, 0.3) is 0 Å². The molecule has 20 heavy (non-hydrogen) atoms. The van der Waals surface area contributed by atoms with Gasteiger partial charge >= 0.3 is 0 Å². The molecule has 2 aliphatic rings. The second kappa shape index (κ2) is 9.59. The molecular formula is C15H30ClN3O. The zero-order valence-corrected chi connectivity index (χ0v) is 13.6. The number of carbonyl (C=O) groups excluding carboxylic acids is 1. The van der Waals surface area contributed by atoms with Crippen molar-refractivity contribution in [2.45, 2.75) is 38.5 Å². The lowest BCUT2D eigenvalue weighted by atomic mass is 10.00. The molecule has 4 nitrogen and oxygen atoms in total. The van der Waals surface area contributed by atoms with Gasteiger partial charge in [-0.05, 0) is 25.8 Å². The lowest BCUT2D eigenvalue weighted by Gasteiger charge is -2.30. The summed E-state index contributed by atoms with van der Waals surface area (Å²) in [6.07, 6.45) is 8.27. The molecule has 0 spiro atoms. The molecule has 1 aliphatic heterocycles. The monoisotopic (exact) mass is 303 g/mol. The smallest absolute Gasteiger partial charge is 0.236 e. The molecule has 118 valence electrons. The number of halogens is 1. The van der Waals surface area contributed by atoms with Crippen LogP contribution in [0.2, 0.25) is 0 Å². The van der Waals surface area contributed by atoms with Crippen molar-refractivity contribution in [3.8, 4) is 0 Å². The van der Waals surface area contributed by atoms with E-state index in [4.69, 9.17) is 0 Å². The highest BCUT2D eigenvalue weighted by molar-refractivity contribution is 5.85. The summed E-state index contributed by atoms with van der Waals surface area (Å²) >= 11 is 0. The molecule has 2 fully saturated rings. The molecule has 0 atom stereocenters. The maximum absolute atomic E-state index is 12.2. The van der Waals surface area contributed by atoms with E-state index in [0.29, 0.717) is 12.5 Å². The van der Waals surface area contributed by atoms with Crippen molar-refractivity contribution in [2.24, 2.45) is 5.92 Å². The first-order valence-corrected chi connectivity index (χ1v) is 7.93. The first-order chi connectivity index (χ1) is 9.25. The van der Waals surface area contributed by atoms with Gasteiger partial charge in [0, 0.05) is 32.7 Å². The van der Waals surface area contributed by atoms with Crippen LogP contribution in [0.5, 0.6) is 0 Å². The lowest BCUT2D eigenvalue weighted by Crippen LogP contribution is -2.49. The number of amides is 1. The Morgan fingerprint density at radius 3 is 2.35 bits per heavy atom. The molecule has 1 amide bonds. The van der Waals surface area contributed by atoms with Gasteiger partial charge in [-0.25, -0.2) is 0 Å². The number of rotatable bonds is 4. The Labute approximate surface area is 129 Å². The van der Waals surface area contributed by atoms with Gasteiger partial charge in [0.2, 0.25) is 5.91 Å². The predicted molar refractivity (Wildman–Crippen MR) is 85.4 cm³/mol. The van der Waals surface area contributed by atoms with Gasteiger partial charge in [-0.15, -0.1) is 12.4 Å². The standard InChI is InChI=1S/C15H29N3O.ClH/c1-17(12-14-6-4-2-3-5-7-14)13-15(19)18-10-8-16-9-11-18;/h14,16H,2-13H2,1H3;1H. The van der Waals surface area contributed by atoms with Crippen LogP contribution in [-0.2, 0) is 4.79 Å². The molecule has 0 unspecified atom stereocenters. The third kappa shape index (κ3) is 5.98. The van der Waals surface area contributed by atoms with Crippen LogP contribution < -0.4 is 5.32 Å². The van der Waals surface area contributed by atoms with Crippen molar-refractivity contribution in [2.75, 3.05) is 46.3 Å². The van der Waals surface area contributed by atoms with E-state index in [1.807, 2.05) is 4.90 Å². The summed E-state index contributed by atoms with van der Waals surface area (Å²) in [6.45, 7) is 5.32. The Bertz CT molecular complexity index is 274. The van der Waals surface area contributed by atoms with E-state index >= 15 is 0 Å². The Morgan fingerprint density at radius 2 is 1.75 bits per heavy atom. The fourth-order valence-electron chi connectivity index (χ4n) is 3.30. The van der Waals surface area contributed by atoms with Gasteiger partial charge in [0.15, 0.2) is 0 Å². The van der Waals surface area contributed by atoms with Gasteiger partial charge in [-0.2, -0.15) is 0 Å². The molecule has 0 bridgehead atoms. The molecule has 2 rings (SSSR count). The molecule has 1 saturated carbocycles. The van der Waals surface area contributed by atoms with Crippen LogP contribution in [0.15, 0.2) is 0 Å². The average Bonchev–Trinajstić information content (AvgIpc) is 2.68. The summed E-state index contributed by atoms with van der Waals surface area (Å²) in [4.78, 5) is 16.4. The van der Waals surface area contributed by atoms with Crippen molar-refractivity contribution >= 4 is 18.3 Å². The molecular weight excluding hydrogens is 274 g/mol. The average molecular weight is 304 g/mol. The van der Waals surface area contributed by atoms with E-state index in [0.717, 1.165) is 38.6 Å². The summed E-state index contributed by atoms with van der Waals surface area (Å²) < 4.78 is 0. The van der Waals surface area contributed by atoms with Crippen molar-refractivity contribution in [1.29, 1.82) is 0 Å². The molecule has 0 aromatic rings. The van der Waals surface area contributed by atoms with Crippen LogP contribution in [0.4, 0.5) is 0 Å². The highest BCUT2D eigenvalue weighted by Crippen LogP contribution is 2.23. The van der Waals surface area contributed by atoms with Gasteiger partial charge in [-0.3, -0.25) is 9.69 Å². The van der Waals surface area contributed by atoms with Crippen molar-refractivity contribution in [3.05, 3.63) is 0 Å². The summed E-state index contributed by atoms with van der Waals surface area (Å²) in [7, 11) is 2.10. The predicted octanol–water partition coefficient (Wildman–Crippen LogP) is 1.74. The van der Waals surface area contributed by atoms with Crippen LogP contribution in [0.3, 0.4) is 0 Å². The minimum absolute atomic E-state index is 0. The van der Waals surface area contributed by atoms with Crippen molar-refractivity contribution in [1.82, 2.24) is 15.1 Å². The second-order valence-electron chi connectivity index (χ2n) is 6.19. The number of nitrogens with zero attached hydrogens (tertiary/aromatic N) is 2. The Balaban J connectivity index is 0.00000200. The highest BCUT2D eigenvalue weighted by Gasteiger charge is 2.20. The van der Waals surface area contributed by atoms with E-state index in [-0.39, 0.29) is 12.4 Å². The molecule has 1 heterocycles. The van der Waals surface area contributed by atoms with Gasteiger partial charge in [-0.1, -0.05) is 25.7 Å². The van der Waals surface area contributed by atoms with Crippen molar-refractivity contribution in [3.63, 3.8) is 0 Å². The number of nitrogens with one attached hydrogen (secondary N) is 1. The number of carbonyl (C=O) groups is 1. The van der Waals surface area contributed by atoms with E-state index in [1.165, 1.54) is 38.5 Å². The SMILES string of the molecule is CN(CC(=O)N1CCNCC1)CC1CCCCCC1.Cl. The summed E-state index contributed by atoms with van der Waals surface area (Å²) in [5.74, 6) is 1.11. The summed E-state index contributed by atoms with van der Waals surface area (Å²) in [5, 5.41) is 3.29. The molecule has 0 aromatic heterocycles. The number of piperazine rings is 1. The topological polar surface area (TPSA) is 35.6 Å². The molecule has 5 heteroatoms. The van der Waals surface area contributed by atoms with Gasteiger partial charge in [0.1, 0.15) is 0 Å². The molecule has 0 radical (unpaired) electrons. The van der Waals surface area contributed by atoms with Crippen LogP contribution in [-0.4, -0.2) is 62.0 Å². The minimum atomic E-state index is 0. The third-order valence-corrected chi connectivity index (χ3v) is 4.42. The highest BCUT2D eigenvalue weighted by atomic mass is 35.5. The fraction of sp³-hybridized carbons (Fsp3) is 0.933. The third-order valence-electron chi connectivity index (χ3n) is 4.42. The zero-order valence-electron chi connectivity index (χ0n) is 12.8. The fourth-order valence-corrected chi connectivity index (χ4v) is 3.30. The van der Waals surface area contributed by atoms with E-state index in [2.05, 4.69) is 17.3 Å². The zero-order chi connectivity index (χ0) is 13.5. The lowest BCUT2D eigenvalue weighted by molar-refractivity contribution is -0.132. The quantitative estimate of drug-likeness (QED) is 0.804. The number of likely N-dealkylation sites (N-methyl/N-ethyl adjacent to an activating group) is 1. The molecule has 1 aliphatic carbocycles. The Morgan fingerprint density at radius 1 is 1.15 bits per heavy atom. The maximum Gasteiger partial charge on any atom is 0.236 e. The Hall–Kier alpha value is -0.320.